The van der Waals surface area contributed by atoms with Gasteiger partial charge in [-0.2, -0.15) is 0 Å². The lowest BCUT2D eigenvalue weighted by Gasteiger charge is -2.11. The van der Waals surface area contributed by atoms with Crippen molar-refractivity contribution in [3.8, 4) is 0 Å². The minimum absolute atomic E-state index is 0. The van der Waals surface area contributed by atoms with E-state index in [9.17, 15) is 0 Å². The van der Waals surface area contributed by atoms with Crippen LogP contribution in [0.4, 0.5) is 0 Å². The third kappa shape index (κ3) is 11.8. The van der Waals surface area contributed by atoms with E-state index in [0.29, 0.717) is 11.8 Å². The molecule has 5 nitrogen and oxygen atoms in total. The third-order valence-electron chi connectivity index (χ3n) is 3.25. The number of aliphatic imine (C=N–C) groups is 1. The highest BCUT2D eigenvalue weighted by Crippen LogP contribution is 2.19. The molecule has 1 aromatic rings. The van der Waals surface area contributed by atoms with Crippen LogP contribution in [0.25, 0.3) is 0 Å². The number of nitrogens with zero attached hydrogens (tertiary/aromatic N) is 2. The van der Waals surface area contributed by atoms with E-state index in [2.05, 4.69) is 60.6 Å². The molecule has 0 atom stereocenters. The first-order valence-corrected chi connectivity index (χ1v) is 9.95. The molecule has 0 saturated heterocycles. The van der Waals surface area contributed by atoms with Crippen molar-refractivity contribution in [1.82, 2.24) is 15.6 Å². The molecule has 0 aliphatic rings. The average molecular weight is 482 g/mol. The molecule has 0 spiro atoms. The molecule has 0 unspecified atom stereocenters. The van der Waals surface area contributed by atoms with Gasteiger partial charge in [-0.15, -0.1) is 35.3 Å². The van der Waals surface area contributed by atoms with E-state index in [-0.39, 0.29) is 24.0 Å². The molecule has 1 aromatic heterocycles. The van der Waals surface area contributed by atoms with E-state index in [1.807, 2.05) is 0 Å². The smallest absolute Gasteiger partial charge is 0.191 e. The van der Waals surface area contributed by atoms with E-state index in [4.69, 9.17) is 4.74 Å². The van der Waals surface area contributed by atoms with Gasteiger partial charge in [0.2, 0.25) is 0 Å². The Bertz CT molecular complexity index is 477. The zero-order valence-electron chi connectivity index (χ0n) is 16.3. The van der Waals surface area contributed by atoms with Crippen LogP contribution in [0.1, 0.15) is 57.7 Å². The van der Waals surface area contributed by atoms with E-state index >= 15 is 0 Å². The Morgan fingerprint density at radius 2 is 2.04 bits per heavy atom. The summed E-state index contributed by atoms with van der Waals surface area (Å²) in [5.41, 5.74) is 1.16. The number of aromatic nitrogens is 1. The second-order valence-electron chi connectivity index (χ2n) is 6.59. The summed E-state index contributed by atoms with van der Waals surface area (Å²) in [5, 5.41) is 10.0. The Balaban J connectivity index is 0.00000576. The van der Waals surface area contributed by atoms with Gasteiger partial charge in [-0.3, -0.25) is 4.99 Å². The molecule has 2 N–H and O–H groups in total. The van der Waals surface area contributed by atoms with Gasteiger partial charge in [0.05, 0.1) is 10.7 Å². The molecule has 0 radical (unpaired) electrons. The van der Waals surface area contributed by atoms with E-state index in [1.54, 1.807) is 11.3 Å². The highest BCUT2D eigenvalue weighted by atomic mass is 127. The average Bonchev–Trinajstić information content (AvgIpc) is 2.99. The number of guanidine groups is 1. The summed E-state index contributed by atoms with van der Waals surface area (Å²) in [4.78, 5) is 9.26. The van der Waals surface area contributed by atoms with Crippen molar-refractivity contribution in [3.63, 3.8) is 0 Å². The minimum atomic E-state index is 0. The standard InChI is InChI=1S/C18H34N4OS.HI/c1-6-19-18(20-9-7-11-23-12-14(2)3)21-10-8-16-13-24-17(22-16)15(4)5;/h13-15H,6-12H2,1-5H3,(H2,19,20,21);1H. The van der Waals surface area contributed by atoms with Gasteiger partial charge in [0.1, 0.15) is 0 Å². The maximum atomic E-state index is 5.58. The highest BCUT2D eigenvalue weighted by molar-refractivity contribution is 14.0. The first-order chi connectivity index (χ1) is 11.5. The van der Waals surface area contributed by atoms with Gasteiger partial charge in [-0.05, 0) is 19.3 Å². The van der Waals surface area contributed by atoms with Crippen LogP contribution >= 0.6 is 35.3 Å². The number of halogens is 1. The number of thiazole rings is 1. The van der Waals surface area contributed by atoms with Gasteiger partial charge < -0.3 is 15.4 Å². The van der Waals surface area contributed by atoms with Crippen molar-refractivity contribution in [2.75, 3.05) is 32.8 Å². The van der Waals surface area contributed by atoms with Crippen LogP contribution in [0, 0.1) is 5.92 Å². The quantitative estimate of drug-likeness (QED) is 0.216. The summed E-state index contributed by atoms with van der Waals surface area (Å²) in [6.45, 7) is 14.9. The number of nitrogens with one attached hydrogen (secondary N) is 2. The van der Waals surface area contributed by atoms with E-state index in [0.717, 1.165) is 57.3 Å². The molecular weight excluding hydrogens is 447 g/mol. The van der Waals surface area contributed by atoms with Gasteiger partial charge in [0, 0.05) is 50.6 Å². The molecule has 0 bridgehead atoms. The summed E-state index contributed by atoms with van der Waals surface area (Å²) in [5.74, 6) is 1.98. The molecular formula is C18H35IN4OS. The summed E-state index contributed by atoms with van der Waals surface area (Å²) >= 11 is 1.75. The molecule has 0 aromatic carbocycles. The van der Waals surface area contributed by atoms with Gasteiger partial charge in [0.15, 0.2) is 5.96 Å². The normalized spacial score (nSPS) is 11.7. The molecule has 0 amide bonds. The Morgan fingerprint density at radius 1 is 1.28 bits per heavy atom. The van der Waals surface area contributed by atoms with Gasteiger partial charge in [-0.25, -0.2) is 4.98 Å². The van der Waals surface area contributed by atoms with Gasteiger partial charge in [-0.1, -0.05) is 27.7 Å². The van der Waals surface area contributed by atoms with Crippen LogP contribution in [-0.4, -0.2) is 43.8 Å². The first kappa shape index (κ1) is 24.6. The summed E-state index contributed by atoms with van der Waals surface area (Å²) in [6, 6.07) is 0. The fraction of sp³-hybridized carbons (Fsp3) is 0.778. The molecule has 25 heavy (non-hydrogen) atoms. The summed E-state index contributed by atoms with van der Waals surface area (Å²) < 4.78 is 5.58. The molecule has 146 valence electrons. The third-order valence-corrected chi connectivity index (χ3v) is 4.44. The monoisotopic (exact) mass is 482 g/mol. The van der Waals surface area contributed by atoms with E-state index in [1.165, 1.54) is 5.01 Å². The Hall–Kier alpha value is -0.410. The van der Waals surface area contributed by atoms with Crippen molar-refractivity contribution >= 4 is 41.3 Å². The molecule has 0 aliphatic carbocycles. The number of ether oxygens (including phenoxy) is 1. The zero-order valence-corrected chi connectivity index (χ0v) is 19.4. The van der Waals surface area contributed by atoms with E-state index < -0.39 is 0 Å². The Morgan fingerprint density at radius 3 is 2.64 bits per heavy atom. The number of hydrogen-bond acceptors (Lipinski definition) is 4. The SMILES string of the molecule is CCNC(=NCCCOCC(C)C)NCCc1csc(C(C)C)n1.I. The lowest BCUT2D eigenvalue weighted by atomic mass is 10.2. The van der Waals surface area contributed by atoms with Gasteiger partial charge in [0.25, 0.3) is 0 Å². The fourth-order valence-corrected chi connectivity index (χ4v) is 2.90. The second-order valence-corrected chi connectivity index (χ2v) is 7.48. The Kier molecular flexibility index (Phi) is 14.5. The molecule has 0 fully saturated rings. The number of rotatable bonds is 11. The topological polar surface area (TPSA) is 58.5 Å². The lowest BCUT2D eigenvalue weighted by molar-refractivity contribution is 0.109. The maximum Gasteiger partial charge on any atom is 0.191 e. The predicted molar refractivity (Wildman–Crippen MR) is 120 cm³/mol. The summed E-state index contributed by atoms with van der Waals surface area (Å²) in [7, 11) is 0. The van der Waals surface area contributed by atoms with Crippen LogP contribution in [-0.2, 0) is 11.2 Å². The van der Waals surface area contributed by atoms with Crippen LogP contribution < -0.4 is 10.6 Å². The molecule has 0 aliphatic heterocycles. The predicted octanol–water partition coefficient (Wildman–Crippen LogP) is 4.04. The summed E-state index contributed by atoms with van der Waals surface area (Å²) in [6.07, 6.45) is 1.87. The molecule has 0 saturated carbocycles. The molecule has 7 heteroatoms. The molecule has 1 rings (SSSR count). The minimum Gasteiger partial charge on any atom is -0.381 e. The first-order valence-electron chi connectivity index (χ1n) is 9.07. The van der Waals surface area contributed by atoms with Crippen molar-refractivity contribution in [1.29, 1.82) is 0 Å². The Labute approximate surface area is 174 Å². The maximum absolute atomic E-state index is 5.58. The highest BCUT2D eigenvalue weighted by Gasteiger charge is 2.06. The van der Waals surface area contributed by atoms with Crippen molar-refractivity contribution in [2.45, 2.75) is 53.4 Å². The van der Waals surface area contributed by atoms with Crippen molar-refractivity contribution in [2.24, 2.45) is 10.9 Å². The van der Waals surface area contributed by atoms with Crippen molar-refractivity contribution < 1.29 is 4.74 Å². The van der Waals surface area contributed by atoms with Crippen LogP contribution in [0.5, 0.6) is 0 Å². The second kappa shape index (κ2) is 14.7. The van der Waals surface area contributed by atoms with Gasteiger partial charge >= 0.3 is 0 Å². The fourth-order valence-electron chi connectivity index (χ4n) is 2.03. The largest absolute Gasteiger partial charge is 0.381 e. The van der Waals surface area contributed by atoms with Crippen molar-refractivity contribution in [3.05, 3.63) is 16.1 Å². The van der Waals surface area contributed by atoms with Crippen LogP contribution in [0.3, 0.4) is 0 Å². The van der Waals surface area contributed by atoms with Crippen LogP contribution in [0.2, 0.25) is 0 Å². The lowest BCUT2D eigenvalue weighted by Crippen LogP contribution is -2.38. The number of hydrogen-bond donors (Lipinski definition) is 2. The molecule has 1 heterocycles. The van der Waals surface area contributed by atoms with Crippen LogP contribution in [0.15, 0.2) is 10.4 Å². The zero-order chi connectivity index (χ0) is 17.8.